The minimum atomic E-state index is -0.621. The molecule has 13 heavy (non-hydrogen) atoms. The average Bonchev–Trinajstić information content (AvgIpc) is 2.33. The van der Waals surface area contributed by atoms with E-state index in [4.69, 9.17) is 4.74 Å². The highest BCUT2D eigenvalue weighted by atomic mass is 16.5. The van der Waals surface area contributed by atoms with Gasteiger partial charge in [0.15, 0.2) is 0 Å². The number of nitrogens with one attached hydrogen (secondary N) is 1. The van der Waals surface area contributed by atoms with Crippen LogP contribution in [0.3, 0.4) is 0 Å². The molecule has 0 saturated carbocycles. The standard InChI is InChI=1S/C10H21NO2/c1-8-4-5-9(13-8)6-11-7-10(2,3)12/h8-9,11-12H,4-7H2,1-3H3. The summed E-state index contributed by atoms with van der Waals surface area (Å²) >= 11 is 0. The van der Waals surface area contributed by atoms with Crippen LogP contribution < -0.4 is 5.32 Å². The fraction of sp³-hybridized carbons (Fsp3) is 1.00. The van der Waals surface area contributed by atoms with E-state index in [1.54, 1.807) is 13.8 Å². The van der Waals surface area contributed by atoms with Gasteiger partial charge in [-0.15, -0.1) is 0 Å². The van der Waals surface area contributed by atoms with Gasteiger partial charge in [-0.3, -0.25) is 0 Å². The van der Waals surface area contributed by atoms with Crippen LogP contribution in [0.5, 0.6) is 0 Å². The Morgan fingerprint density at radius 2 is 2.15 bits per heavy atom. The van der Waals surface area contributed by atoms with Gasteiger partial charge in [-0.25, -0.2) is 0 Å². The van der Waals surface area contributed by atoms with Gasteiger partial charge >= 0.3 is 0 Å². The van der Waals surface area contributed by atoms with Crippen LogP contribution >= 0.6 is 0 Å². The quantitative estimate of drug-likeness (QED) is 0.687. The largest absolute Gasteiger partial charge is 0.389 e. The van der Waals surface area contributed by atoms with Gasteiger partial charge in [0.1, 0.15) is 0 Å². The molecule has 0 bridgehead atoms. The van der Waals surface area contributed by atoms with Crippen molar-refractivity contribution < 1.29 is 9.84 Å². The van der Waals surface area contributed by atoms with Crippen molar-refractivity contribution in [3.8, 4) is 0 Å². The van der Waals surface area contributed by atoms with Gasteiger partial charge in [0, 0.05) is 13.1 Å². The summed E-state index contributed by atoms with van der Waals surface area (Å²) in [7, 11) is 0. The summed E-state index contributed by atoms with van der Waals surface area (Å²) in [6.07, 6.45) is 3.06. The Balaban J connectivity index is 2.07. The van der Waals surface area contributed by atoms with Gasteiger partial charge in [0.25, 0.3) is 0 Å². The van der Waals surface area contributed by atoms with Crippen molar-refractivity contribution in [2.24, 2.45) is 0 Å². The SMILES string of the molecule is CC1CCC(CNCC(C)(C)O)O1. The van der Waals surface area contributed by atoms with Gasteiger partial charge in [0.2, 0.25) is 0 Å². The van der Waals surface area contributed by atoms with Crippen molar-refractivity contribution in [1.29, 1.82) is 0 Å². The second-order valence-electron chi connectivity index (χ2n) is 4.59. The molecule has 1 aliphatic heterocycles. The Morgan fingerprint density at radius 1 is 1.46 bits per heavy atom. The number of aliphatic hydroxyl groups is 1. The molecule has 0 aliphatic carbocycles. The van der Waals surface area contributed by atoms with Crippen molar-refractivity contribution in [2.45, 2.75) is 51.4 Å². The smallest absolute Gasteiger partial charge is 0.0715 e. The Bertz CT molecular complexity index is 153. The van der Waals surface area contributed by atoms with E-state index in [1.807, 2.05) is 0 Å². The minimum absolute atomic E-state index is 0.345. The first-order valence-electron chi connectivity index (χ1n) is 5.06. The molecule has 3 heteroatoms. The summed E-state index contributed by atoms with van der Waals surface area (Å²) in [6.45, 7) is 7.20. The second kappa shape index (κ2) is 4.40. The third kappa shape index (κ3) is 4.60. The molecule has 78 valence electrons. The van der Waals surface area contributed by atoms with Gasteiger partial charge in [-0.05, 0) is 33.6 Å². The van der Waals surface area contributed by atoms with Crippen LogP contribution in [-0.2, 0) is 4.74 Å². The highest BCUT2D eigenvalue weighted by molar-refractivity contribution is 4.75. The molecule has 2 atom stereocenters. The Kier molecular flexibility index (Phi) is 3.71. The molecule has 3 nitrogen and oxygen atoms in total. The van der Waals surface area contributed by atoms with Gasteiger partial charge in [0.05, 0.1) is 17.8 Å². The lowest BCUT2D eigenvalue weighted by Crippen LogP contribution is -2.38. The van der Waals surface area contributed by atoms with E-state index >= 15 is 0 Å². The Labute approximate surface area is 80.5 Å². The van der Waals surface area contributed by atoms with Crippen LogP contribution in [0, 0.1) is 0 Å². The van der Waals surface area contributed by atoms with Crippen LogP contribution in [0.2, 0.25) is 0 Å². The average molecular weight is 187 g/mol. The second-order valence-corrected chi connectivity index (χ2v) is 4.59. The zero-order chi connectivity index (χ0) is 9.90. The van der Waals surface area contributed by atoms with E-state index < -0.39 is 5.60 Å². The van der Waals surface area contributed by atoms with E-state index in [-0.39, 0.29) is 0 Å². The zero-order valence-corrected chi connectivity index (χ0v) is 8.84. The molecule has 1 heterocycles. The molecule has 0 aromatic rings. The summed E-state index contributed by atoms with van der Waals surface area (Å²) in [5.41, 5.74) is -0.621. The van der Waals surface area contributed by atoms with Crippen molar-refractivity contribution in [1.82, 2.24) is 5.32 Å². The summed E-state index contributed by atoms with van der Waals surface area (Å²) in [6, 6.07) is 0. The molecular weight excluding hydrogens is 166 g/mol. The highest BCUT2D eigenvalue weighted by Crippen LogP contribution is 2.18. The molecule has 2 unspecified atom stereocenters. The number of rotatable bonds is 4. The number of hydrogen-bond donors (Lipinski definition) is 2. The fourth-order valence-electron chi connectivity index (χ4n) is 1.57. The molecule has 0 aromatic heterocycles. The van der Waals surface area contributed by atoms with E-state index in [9.17, 15) is 5.11 Å². The van der Waals surface area contributed by atoms with Gasteiger partial charge in [-0.1, -0.05) is 0 Å². The van der Waals surface area contributed by atoms with Crippen LogP contribution in [0.15, 0.2) is 0 Å². The first-order valence-corrected chi connectivity index (χ1v) is 5.06. The summed E-state index contributed by atoms with van der Waals surface area (Å²) in [4.78, 5) is 0. The topological polar surface area (TPSA) is 41.5 Å². The predicted molar refractivity (Wildman–Crippen MR) is 52.7 cm³/mol. The van der Waals surface area contributed by atoms with Crippen molar-refractivity contribution >= 4 is 0 Å². The Hall–Kier alpha value is -0.120. The zero-order valence-electron chi connectivity index (χ0n) is 8.84. The highest BCUT2D eigenvalue weighted by Gasteiger charge is 2.21. The molecule has 0 radical (unpaired) electrons. The number of hydrogen-bond acceptors (Lipinski definition) is 3. The van der Waals surface area contributed by atoms with Crippen LogP contribution in [0.4, 0.5) is 0 Å². The molecule has 0 aromatic carbocycles. The summed E-state index contributed by atoms with van der Waals surface area (Å²) in [5.74, 6) is 0. The summed E-state index contributed by atoms with van der Waals surface area (Å²) in [5, 5.41) is 12.7. The molecule has 2 N–H and O–H groups in total. The molecule has 1 fully saturated rings. The Morgan fingerprint density at radius 3 is 2.62 bits per heavy atom. The third-order valence-electron chi connectivity index (χ3n) is 2.25. The molecule has 1 aliphatic rings. The van der Waals surface area contributed by atoms with Crippen molar-refractivity contribution in [3.05, 3.63) is 0 Å². The molecule has 1 saturated heterocycles. The van der Waals surface area contributed by atoms with E-state index in [2.05, 4.69) is 12.2 Å². The maximum absolute atomic E-state index is 9.44. The van der Waals surface area contributed by atoms with E-state index in [0.717, 1.165) is 19.4 Å². The normalized spacial score (nSPS) is 29.5. The molecular formula is C10H21NO2. The first-order chi connectivity index (χ1) is 5.97. The van der Waals surface area contributed by atoms with Crippen molar-refractivity contribution in [2.75, 3.05) is 13.1 Å². The monoisotopic (exact) mass is 187 g/mol. The predicted octanol–water partition coefficient (Wildman–Crippen LogP) is 0.914. The summed E-state index contributed by atoms with van der Waals surface area (Å²) < 4.78 is 5.63. The lowest BCUT2D eigenvalue weighted by atomic mass is 10.1. The third-order valence-corrected chi connectivity index (χ3v) is 2.25. The maximum atomic E-state index is 9.44. The lowest BCUT2D eigenvalue weighted by molar-refractivity contribution is 0.0449. The molecule has 0 amide bonds. The van der Waals surface area contributed by atoms with Crippen LogP contribution in [-0.4, -0.2) is 36.0 Å². The van der Waals surface area contributed by atoms with Gasteiger partial charge < -0.3 is 15.2 Å². The molecule has 1 rings (SSSR count). The minimum Gasteiger partial charge on any atom is -0.389 e. The first kappa shape index (κ1) is 11.0. The lowest BCUT2D eigenvalue weighted by Gasteiger charge is -2.19. The van der Waals surface area contributed by atoms with E-state index in [0.29, 0.717) is 18.8 Å². The number of ether oxygens (including phenoxy) is 1. The van der Waals surface area contributed by atoms with E-state index in [1.165, 1.54) is 0 Å². The fourth-order valence-corrected chi connectivity index (χ4v) is 1.57. The van der Waals surface area contributed by atoms with Gasteiger partial charge in [-0.2, -0.15) is 0 Å². The van der Waals surface area contributed by atoms with Crippen LogP contribution in [0.25, 0.3) is 0 Å². The van der Waals surface area contributed by atoms with Crippen LogP contribution in [0.1, 0.15) is 33.6 Å². The maximum Gasteiger partial charge on any atom is 0.0715 e. The molecule has 0 spiro atoms. The van der Waals surface area contributed by atoms with Crippen molar-refractivity contribution in [3.63, 3.8) is 0 Å².